The number of ether oxygens (including phenoxy) is 1. The minimum atomic E-state index is -0.458. The van der Waals surface area contributed by atoms with Crippen LogP contribution in [0, 0.1) is 0 Å². The fourth-order valence-corrected chi connectivity index (χ4v) is 3.33. The average Bonchev–Trinajstić information content (AvgIpc) is 3.22. The molecule has 7 nitrogen and oxygen atoms in total. The first-order valence-corrected chi connectivity index (χ1v) is 8.37. The third kappa shape index (κ3) is 3.55. The molecule has 7 heteroatoms. The van der Waals surface area contributed by atoms with Crippen LogP contribution in [0.2, 0.25) is 0 Å². The van der Waals surface area contributed by atoms with Crippen LogP contribution in [0.3, 0.4) is 0 Å². The van der Waals surface area contributed by atoms with Crippen LogP contribution in [0.1, 0.15) is 44.3 Å². The van der Waals surface area contributed by atoms with E-state index < -0.39 is 6.04 Å². The van der Waals surface area contributed by atoms with Crippen molar-refractivity contribution in [2.75, 3.05) is 19.8 Å². The van der Waals surface area contributed by atoms with E-state index in [0.29, 0.717) is 19.7 Å². The molecule has 1 aliphatic heterocycles. The fraction of sp³-hybridized carbons (Fsp3) is 0.688. The lowest BCUT2D eigenvalue weighted by Gasteiger charge is -2.33. The molecule has 2 heterocycles. The molecule has 2 aliphatic rings. The lowest BCUT2D eigenvalue weighted by Crippen LogP contribution is -2.49. The van der Waals surface area contributed by atoms with Crippen LogP contribution in [-0.2, 0) is 20.9 Å². The van der Waals surface area contributed by atoms with Gasteiger partial charge in [-0.3, -0.25) is 14.3 Å². The second kappa shape index (κ2) is 7.12. The zero-order valence-electron chi connectivity index (χ0n) is 13.5. The van der Waals surface area contributed by atoms with Crippen molar-refractivity contribution in [2.45, 2.75) is 51.2 Å². The molecule has 1 saturated carbocycles. The fourth-order valence-electron chi connectivity index (χ4n) is 3.33. The van der Waals surface area contributed by atoms with Crippen molar-refractivity contribution in [3.05, 3.63) is 18.0 Å². The van der Waals surface area contributed by atoms with Gasteiger partial charge in [0.25, 0.3) is 0 Å². The predicted molar refractivity (Wildman–Crippen MR) is 83.6 cm³/mol. The number of fused-ring (bicyclic) bond motifs is 1. The molecule has 3 rings (SSSR count). The number of hydrogen-bond donors (Lipinski definition) is 1. The Morgan fingerprint density at radius 3 is 2.91 bits per heavy atom. The Labute approximate surface area is 136 Å². The summed E-state index contributed by atoms with van der Waals surface area (Å²) in [6.07, 6.45) is 6.10. The number of aromatic nitrogens is 2. The number of rotatable bonds is 5. The molecular weight excluding hydrogens is 296 g/mol. The van der Waals surface area contributed by atoms with Crippen LogP contribution >= 0.6 is 0 Å². The second-order valence-corrected chi connectivity index (χ2v) is 6.18. The summed E-state index contributed by atoms with van der Waals surface area (Å²) < 4.78 is 6.95. The first-order chi connectivity index (χ1) is 11.2. The zero-order valence-corrected chi connectivity index (χ0v) is 13.5. The highest BCUT2D eigenvalue weighted by Gasteiger charge is 2.34. The van der Waals surface area contributed by atoms with Crippen molar-refractivity contribution in [2.24, 2.45) is 0 Å². The first kappa shape index (κ1) is 16.0. The SMILES string of the molecule is CCOCC(=O)N1Cc2ccnn2C(C(=O)NC2CCCC2)C1. The van der Waals surface area contributed by atoms with Crippen molar-refractivity contribution in [1.29, 1.82) is 0 Å². The second-order valence-electron chi connectivity index (χ2n) is 6.18. The van der Waals surface area contributed by atoms with E-state index >= 15 is 0 Å². The topological polar surface area (TPSA) is 76.5 Å². The standard InChI is InChI=1S/C16H24N4O3/c1-2-23-11-15(21)19-9-13-7-8-17-20(13)14(10-19)16(22)18-12-5-3-4-6-12/h7-8,12,14H,2-6,9-11H2,1H3,(H,18,22). The number of hydrogen-bond acceptors (Lipinski definition) is 4. The van der Waals surface area contributed by atoms with Gasteiger partial charge in [0.2, 0.25) is 11.8 Å². The average molecular weight is 320 g/mol. The minimum absolute atomic E-state index is 0.0456. The highest BCUT2D eigenvalue weighted by Crippen LogP contribution is 2.23. The first-order valence-electron chi connectivity index (χ1n) is 8.37. The van der Waals surface area contributed by atoms with Gasteiger partial charge in [0.15, 0.2) is 0 Å². The van der Waals surface area contributed by atoms with E-state index in [4.69, 9.17) is 4.74 Å². The van der Waals surface area contributed by atoms with Crippen molar-refractivity contribution in [3.8, 4) is 0 Å². The lowest BCUT2D eigenvalue weighted by atomic mass is 10.1. The zero-order chi connectivity index (χ0) is 16.2. The molecule has 126 valence electrons. The molecule has 0 saturated heterocycles. The maximum absolute atomic E-state index is 12.7. The Balaban J connectivity index is 1.70. The van der Waals surface area contributed by atoms with Gasteiger partial charge < -0.3 is 15.0 Å². The lowest BCUT2D eigenvalue weighted by molar-refractivity contribution is -0.139. The summed E-state index contributed by atoms with van der Waals surface area (Å²) >= 11 is 0. The van der Waals surface area contributed by atoms with Crippen LogP contribution in [0.25, 0.3) is 0 Å². The van der Waals surface area contributed by atoms with Crippen molar-refractivity contribution in [3.63, 3.8) is 0 Å². The van der Waals surface area contributed by atoms with Gasteiger partial charge in [-0.25, -0.2) is 0 Å². The molecule has 1 aliphatic carbocycles. The van der Waals surface area contributed by atoms with Crippen LogP contribution in [-0.4, -0.2) is 52.3 Å². The molecule has 1 atom stereocenters. The minimum Gasteiger partial charge on any atom is -0.372 e. The van der Waals surface area contributed by atoms with E-state index in [2.05, 4.69) is 10.4 Å². The summed E-state index contributed by atoms with van der Waals surface area (Å²) in [5.74, 6) is -0.131. The Bertz CT molecular complexity index is 565. The van der Waals surface area contributed by atoms with Gasteiger partial charge in [-0.15, -0.1) is 0 Å². The predicted octanol–water partition coefficient (Wildman–Crippen LogP) is 0.862. The summed E-state index contributed by atoms with van der Waals surface area (Å²) in [6, 6.07) is 1.66. The van der Waals surface area contributed by atoms with E-state index in [0.717, 1.165) is 18.5 Å². The molecule has 1 aromatic heterocycles. The molecule has 23 heavy (non-hydrogen) atoms. The quantitative estimate of drug-likeness (QED) is 0.873. The van der Waals surface area contributed by atoms with Gasteiger partial charge in [0.1, 0.15) is 12.6 Å². The van der Waals surface area contributed by atoms with E-state index in [1.807, 2.05) is 13.0 Å². The maximum Gasteiger partial charge on any atom is 0.249 e. The Hall–Kier alpha value is -1.89. The van der Waals surface area contributed by atoms with Crippen LogP contribution in [0.15, 0.2) is 12.3 Å². The van der Waals surface area contributed by atoms with Gasteiger partial charge in [0.05, 0.1) is 18.8 Å². The molecule has 0 aromatic carbocycles. The van der Waals surface area contributed by atoms with E-state index in [9.17, 15) is 9.59 Å². The monoisotopic (exact) mass is 320 g/mol. The van der Waals surface area contributed by atoms with E-state index in [1.165, 1.54) is 12.8 Å². The summed E-state index contributed by atoms with van der Waals surface area (Å²) in [6.45, 7) is 3.24. The van der Waals surface area contributed by atoms with Gasteiger partial charge in [0, 0.05) is 18.8 Å². The van der Waals surface area contributed by atoms with Crippen LogP contribution < -0.4 is 5.32 Å². The van der Waals surface area contributed by atoms with Crippen LogP contribution in [0.5, 0.6) is 0 Å². The largest absolute Gasteiger partial charge is 0.372 e. The molecule has 0 spiro atoms. The highest BCUT2D eigenvalue weighted by molar-refractivity contribution is 5.83. The van der Waals surface area contributed by atoms with Gasteiger partial charge in [-0.1, -0.05) is 12.8 Å². The van der Waals surface area contributed by atoms with Crippen molar-refractivity contribution >= 4 is 11.8 Å². The Morgan fingerprint density at radius 1 is 1.39 bits per heavy atom. The number of nitrogens with one attached hydrogen (secondary N) is 1. The molecule has 1 aromatic rings. The maximum atomic E-state index is 12.7. The highest BCUT2D eigenvalue weighted by atomic mass is 16.5. The summed E-state index contributed by atoms with van der Waals surface area (Å²) in [5.41, 5.74) is 0.882. The third-order valence-electron chi connectivity index (χ3n) is 4.58. The number of amides is 2. The normalized spacial score (nSPS) is 21.3. The molecule has 0 radical (unpaired) electrons. The smallest absolute Gasteiger partial charge is 0.249 e. The van der Waals surface area contributed by atoms with Crippen molar-refractivity contribution < 1.29 is 14.3 Å². The molecule has 2 amide bonds. The van der Waals surface area contributed by atoms with E-state index in [1.54, 1.807) is 15.8 Å². The number of carbonyl (C=O) groups excluding carboxylic acids is 2. The van der Waals surface area contributed by atoms with E-state index in [-0.39, 0.29) is 24.5 Å². The molecule has 1 fully saturated rings. The van der Waals surface area contributed by atoms with Gasteiger partial charge in [-0.05, 0) is 25.8 Å². The molecular formula is C16H24N4O3. The molecule has 1 N–H and O–H groups in total. The summed E-state index contributed by atoms with van der Waals surface area (Å²) in [5, 5.41) is 7.39. The molecule has 0 bridgehead atoms. The van der Waals surface area contributed by atoms with Gasteiger partial charge >= 0.3 is 0 Å². The van der Waals surface area contributed by atoms with Crippen molar-refractivity contribution in [1.82, 2.24) is 20.0 Å². The Morgan fingerprint density at radius 2 is 2.17 bits per heavy atom. The third-order valence-corrected chi connectivity index (χ3v) is 4.58. The Kier molecular flexibility index (Phi) is 4.95. The van der Waals surface area contributed by atoms with Crippen LogP contribution in [0.4, 0.5) is 0 Å². The molecule has 1 unspecified atom stereocenters. The summed E-state index contributed by atoms with van der Waals surface area (Å²) in [7, 11) is 0. The van der Waals surface area contributed by atoms with Gasteiger partial charge in [-0.2, -0.15) is 5.10 Å². The summed E-state index contributed by atoms with van der Waals surface area (Å²) in [4.78, 5) is 26.6. The number of nitrogens with zero attached hydrogens (tertiary/aromatic N) is 3. The number of carbonyl (C=O) groups is 2.